The van der Waals surface area contributed by atoms with Crippen LogP contribution in [-0.2, 0) is 9.59 Å². The Morgan fingerprint density at radius 1 is 1.23 bits per heavy atom. The van der Waals surface area contributed by atoms with Crippen molar-refractivity contribution in [2.75, 3.05) is 6.54 Å². The van der Waals surface area contributed by atoms with Gasteiger partial charge in [0.15, 0.2) is 0 Å². The number of carbonyl (C=O) groups excluding carboxylic acids is 1. The fraction of sp³-hybridized carbons (Fsp3) is 0.556. The van der Waals surface area contributed by atoms with Crippen LogP contribution in [0.15, 0.2) is 30.3 Å². The van der Waals surface area contributed by atoms with Gasteiger partial charge in [-0.1, -0.05) is 30.3 Å². The lowest BCUT2D eigenvalue weighted by molar-refractivity contribution is -0.147. The molecule has 1 amide bonds. The summed E-state index contributed by atoms with van der Waals surface area (Å²) in [5.74, 6) is -0.128. The molecule has 0 spiro atoms. The summed E-state index contributed by atoms with van der Waals surface area (Å²) in [7, 11) is 0. The monoisotopic (exact) mass is 301 g/mol. The maximum Gasteiger partial charge on any atom is 0.308 e. The number of carboxylic acids is 1. The van der Waals surface area contributed by atoms with E-state index in [2.05, 4.69) is 12.1 Å². The third-order valence-corrected chi connectivity index (χ3v) is 5.14. The smallest absolute Gasteiger partial charge is 0.308 e. The van der Waals surface area contributed by atoms with Gasteiger partial charge >= 0.3 is 5.97 Å². The van der Waals surface area contributed by atoms with E-state index in [-0.39, 0.29) is 11.9 Å². The Hall–Kier alpha value is -1.84. The van der Waals surface area contributed by atoms with Crippen molar-refractivity contribution >= 4 is 11.9 Å². The minimum Gasteiger partial charge on any atom is -0.481 e. The molecule has 1 aromatic carbocycles. The Morgan fingerprint density at radius 2 is 1.95 bits per heavy atom. The predicted molar refractivity (Wildman–Crippen MR) is 83.4 cm³/mol. The predicted octanol–water partition coefficient (Wildman–Crippen LogP) is 2.89. The van der Waals surface area contributed by atoms with Crippen molar-refractivity contribution in [3.8, 4) is 0 Å². The first-order chi connectivity index (χ1) is 10.6. The molecule has 2 fully saturated rings. The number of benzene rings is 1. The molecule has 1 aliphatic heterocycles. The van der Waals surface area contributed by atoms with Gasteiger partial charge in [-0.2, -0.15) is 0 Å². The van der Waals surface area contributed by atoms with Gasteiger partial charge in [-0.05, 0) is 43.6 Å². The minimum absolute atomic E-state index is 0.127. The zero-order valence-electron chi connectivity index (χ0n) is 12.9. The molecule has 4 atom stereocenters. The lowest BCUT2D eigenvalue weighted by Crippen LogP contribution is -2.47. The van der Waals surface area contributed by atoms with E-state index >= 15 is 0 Å². The molecule has 2 aliphatic rings. The maximum absolute atomic E-state index is 12.5. The third kappa shape index (κ3) is 3.16. The molecule has 4 nitrogen and oxygen atoms in total. The minimum atomic E-state index is -0.779. The zero-order valence-corrected chi connectivity index (χ0v) is 12.9. The van der Waals surface area contributed by atoms with Gasteiger partial charge in [-0.25, -0.2) is 0 Å². The molecule has 0 bridgehead atoms. The van der Waals surface area contributed by atoms with E-state index in [9.17, 15) is 14.7 Å². The van der Waals surface area contributed by atoms with Crippen LogP contribution in [0, 0.1) is 11.8 Å². The first-order valence-electron chi connectivity index (χ1n) is 8.13. The number of carboxylic acid groups (broad SMARTS) is 1. The molecule has 1 heterocycles. The second-order valence-corrected chi connectivity index (χ2v) is 6.72. The van der Waals surface area contributed by atoms with Crippen LogP contribution in [0.1, 0.15) is 44.1 Å². The molecule has 1 N–H and O–H groups in total. The van der Waals surface area contributed by atoms with Crippen molar-refractivity contribution in [2.45, 2.75) is 44.6 Å². The highest BCUT2D eigenvalue weighted by molar-refractivity contribution is 5.79. The van der Waals surface area contributed by atoms with Crippen molar-refractivity contribution in [3.63, 3.8) is 0 Å². The van der Waals surface area contributed by atoms with Gasteiger partial charge in [0, 0.05) is 19.0 Å². The number of likely N-dealkylation sites (tertiary alicyclic amines) is 1. The Bertz CT molecular complexity index is 557. The van der Waals surface area contributed by atoms with Crippen LogP contribution < -0.4 is 0 Å². The molecule has 1 saturated carbocycles. The summed E-state index contributed by atoms with van der Waals surface area (Å²) in [5, 5.41) is 9.17. The quantitative estimate of drug-likeness (QED) is 0.930. The average Bonchev–Trinajstić information content (AvgIpc) is 3.27. The van der Waals surface area contributed by atoms with Crippen LogP contribution in [0.2, 0.25) is 0 Å². The average molecular weight is 301 g/mol. The van der Waals surface area contributed by atoms with E-state index in [0.29, 0.717) is 31.2 Å². The van der Waals surface area contributed by atoms with Crippen molar-refractivity contribution in [3.05, 3.63) is 35.9 Å². The first-order valence-corrected chi connectivity index (χ1v) is 8.13. The Kier molecular flexibility index (Phi) is 4.19. The van der Waals surface area contributed by atoms with Crippen LogP contribution in [0.3, 0.4) is 0 Å². The first kappa shape index (κ1) is 15.1. The van der Waals surface area contributed by atoms with Gasteiger partial charge in [0.05, 0.1) is 5.92 Å². The fourth-order valence-corrected chi connectivity index (χ4v) is 3.58. The number of piperidine rings is 1. The number of nitrogens with zero attached hydrogens (tertiary/aromatic N) is 1. The van der Waals surface area contributed by atoms with Gasteiger partial charge < -0.3 is 10.0 Å². The zero-order chi connectivity index (χ0) is 15.7. The lowest BCUT2D eigenvalue weighted by atomic mass is 9.93. The fourth-order valence-electron chi connectivity index (χ4n) is 3.58. The van der Waals surface area contributed by atoms with E-state index in [4.69, 9.17) is 0 Å². The van der Waals surface area contributed by atoms with E-state index in [1.165, 1.54) is 5.56 Å². The summed E-state index contributed by atoms with van der Waals surface area (Å²) in [6.07, 6.45) is 3.09. The van der Waals surface area contributed by atoms with E-state index in [0.717, 1.165) is 12.8 Å². The van der Waals surface area contributed by atoms with E-state index in [1.54, 1.807) is 4.90 Å². The molecular formula is C18H23NO3. The van der Waals surface area contributed by atoms with Crippen LogP contribution in [-0.4, -0.2) is 34.5 Å². The molecule has 2 unspecified atom stereocenters. The molecule has 1 aromatic rings. The molecule has 1 saturated heterocycles. The van der Waals surface area contributed by atoms with Crippen molar-refractivity contribution in [1.29, 1.82) is 0 Å². The van der Waals surface area contributed by atoms with Crippen molar-refractivity contribution in [1.82, 2.24) is 4.90 Å². The molecule has 118 valence electrons. The molecule has 0 radical (unpaired) electrons. The van der Waals surface area contributed by atoms with Gasteiger partial charge in [0.2, 0.25) is 5.91 Å². The van der Waals surface area contributed by atoms with Gasteiger partial charge in [-0.15, -0.1) is 0 Å². The molecule has 4 heteroatoms. The normalized spacial score (nSPS) is 30.9. The second-order valence-electron chi connectivity index (χ2n) is 6.72. The molecule has 1 aliphatic carbocycles. The molecule has 3 rings (SSSR count). The van der Waals surface area contributed by atoms with Crippen LogP contribution in [0.4, 0.5) is 0 Å². The Labute approximate surface area is 131 Å². The Morgan fingerprint density at radius 3 is 2.64 bits per heavy atom. The third-order valence-electron chi connectivity index (χ3n) is 5.14. The van der Waals surface area contributed by atoms with Gasteiger partial charge in [0.25, 0.3) is 0 Å². The largest absolute Gasteiger partial charge is 0.481 e. The van der Waals surface area contributed by atoms with Crippen LogP contribution in [0.5, 0.6) is 0 Å². The number of hydrogen-bond donors (Lipinski definition) is 1. The summed E-state index contributed by atoms with van der Waals surface area (Å²) in [6, 6.07) is 10.5. The summed E-state index contributed by atoms with van der Waals surface area (Å²) in [4.78, 5) is 25.5. The highest BCUT2D eigenvalue weighted by Gasteiger charge is 2.41. The summed E-state index contributed by atoms with van der Waals surface area (Å²) in [6.45, 7) is 2.40. The number of amides is 1. The highest BCUT2D eigenvalue weighted by atomic mass is 16.4. The molecular weight excluding hydrogens is 278 g/mol. The molecule has 0 aromatic heterocycles. The summed E-state index contributed by atoms with van der Waals surface area (Å²) in [5.41, 5.74) is 1.32. The number of hydrogen-bond acceptors (Lipinski definition) is 2. The number of carbonyl (C=O) groups is 2. The van der Waals surface area contributed by atoms with Crippen molar-refractivity contribution in [2.24, 2.45) is 11.8 Å². The highest BCUT2D eigenvalue weighted by Crippen LogP contribution is 2.49. The summed E-state index contributed by atoms with van der Waals surface area (Å²) < 4.78 is 0. The number of rotatable bonds is 4. The lowest BCUT2D eigenvalue weighted by Gasteiger charge is -2.36. The summed E-state index contributed by atoms with van der Waals surface area (Å²) >= 11 is 0. The van der Waals surface area contributed by atoms with Crippen LogP contribution in [0.25, 0.3) is 0 Å². The SMILES string of the molecule is CC1CCC(C(=O)O)CN1C(=O)C[C@@H]1C[C@H]1c1ccccc1. The van der Waals surface area contributed by atoms with Gasteiger partial charge in [0.1, 0.15) is 0 Å². The Balaban J connectivity index is 1.57. The standard InChI is InChI=1S/C18H23NO3/c1-12-7-8-14(18(21)22)11-19(12)17(20)10-15-9-16(15)13-5-3-2-4-6-13/h2-6,12,14-16H,7-11H2,1H3,(H,21,22)/t12?,14?,15-,16-/m0/s1. The van der Waals surface area contributed by atoms with E-state index < -0.39 is 11.9 Å². The number of aliphatic carboxylic acids is 1. The van der Waals surface area contributed by atoms with Crippen LogP contribution >= 0.6 is 0 Å². The second kappa shape index (κ2) is 6.11. The maximum atomic E-state index is 12.5. The molecule has 22 heavy (non-hydrogen) atoms. The topological polar surface area (TPSA) is 57.6 Å². The van der Waals surface area contributed by atoms with Crippen molar-refractivity contribution < 1.29 is 14.7 Å². The van der Waals surface area contributed by atoms with E-state index in [1.807, 2.05) is 25.1 Å². The van der Waals surface area contributed by atoms with Gasteiger partial charge in [-0.3, -0.25) is 9.59 Å².